The average Bonchev–Trinajstić information content (AvgIpc) is 2.11. The van der Waals surface area contributed by atoms with Crippen molar-refractivity contribution < 1.29 is 4.84 Å². The number of hydrogen-bond donors (Lipinski definition) is 1. The van der Waals surface area contributed by atoms with Crippen LogP contribution in [-0.4, -0.2) is 5.60 Å². The molecule has 0 bridgehead atoms. The number of benzene rings is 1. The van der Waals surface area contributed by atoms with Crippen molar-refractivity contribution in [3.8, 4) is 0 Å². The van der Waals surface area contributed by atoms with E-state index in [1.165, 1.54) is 22.3 Å². The predicted octanol–water partition coefficient (Wildman–Crippen LogP) is 3.99. The lowest BCUT2D eigenvalue weighted by Gasteiger charge is -2.25. The summed E-state index contributed by atoms with van der Waals surface area (Å²) in [4.78, 5) is 5.64. The van der Waals surface area contributed by atoms with Crippen LogP contribution >= 0.6 is 0 Å². The molecule has 2 nitrogen and oxygen atoms in total. The largest absolute Gasteiger partial charge is 0.296 e. The smallest absolute Gasteiger partial charge is 0.0813 e. The maximum absolute atomic E-state index is 5.64. The van der Waals surface area contributed by atoms with E-state index in [0.717, 1.165) is 0 Å². The van der Waals surface area contributed by atoms with Gasteiger partial charge in [-0.15, -0.1) is 0 Å². The molecule has 1 atom stereocenters. The summed E-state index contributed by atoms with van der Waals surface area (Å²) in [6, 6.07) is 4.64. The van der Waals surface area contributed by atoms with Crippen molar-refractivity contribution in [2.45, 2.75) is 60.1 Å². The van der Waals surface area contributed by atoms with Crippen LogP contribution in [0.2, 0.25) is 0 Å². The second-order valence-electron chi connectivity index (χ2n) is 5.87. The Balaban J connectivity index is 2.86. The molecule has 1 N–H and O–H groups in total. The van der Waals surface area contributed by atoms with Gasteiger partial charge in [-0.25, -0.2) is 0 Å². The molecule has 1 aromatic rings. The molecule has 0 saturated heterocycles. The molecule has 0 aliphatic rings. The minimum absolute atomic E-state index is 0.166. The van der Waals surface area contributed by atoms with Gasteiger partial charge in [-0.05, 0) is 65.2 Å². The molecule has 1 rings (SSSR count). The lowest BCUT2D eigenvalue weighted by atomic mass is 9.95. The van der Waals surface area contributed by atoms with E-state index in [4.69, 9.17) is 4.84 Å². The van der Waals surface area contributed by atoms with E-state index in [1.807, 2.05) is 20.8 Å². The third-order valence-electron chi connectivity index (χ3n) is 2.71. The third kappa shape index (κ3) is 4.14. The molecule has 0 fully saturated rings. The molecule has 0 aliphatic heterocycles. The standard InChI is InChI=1S/C15H25NO/c1-10-8-11(2)14(12(3)9-10)13(4)16-17-15(5,6)7/h8-9,13,16H,1-7H3. The topological polar surface area (TPSA) is 21.3 Å². The van der Waals surface area contributed by atoms with Crippen LogP contribution in [-0.2, 0) is 4.84 Å². The fraction of sp³-hybridized carbons (Fsp3) is 0.600. The van der Waals surface area contributed by atoms with Crippen LogP contribution in [0.5, 0.6) is 0 Å². The van der Waals surface area contributed by atoms with Crippen molar-refractivity contribution in [1.29, 1.82) is 0 Å². The minimum Gasteiger partial charge on any atom is -0.296 e. The first-order chi connectivity index (χ1) is 7.70. The third-order valence-corrected chi connectivity index (χ3v) is 2.71. The van der Waals surface area contributed by atoms with Crippen LogP contribution in [0.3, 0.4) is 0 Å². The van der Waals surface area contributed by atoms with Gasteiger partial charge < -0.3 is 0 Å². The first-order valence-electron chi connectivity index (χ1n) is 6.22. The Hall–Kier alpha value is -0.860. The molecule has 17 heavy (non-hydrogen) atoms. The molecule has 1 unspecified atom stereocenters. The highest BCUT2D eigenvalue weighted by Crippen LogP contribution is 2.23. The summed E-state index contributed by atoms with van der Waals surface area (Å²) in [6.45, 7) is 14.7. The van der Waals surface area contributed by atoms with Crippen LogP contribution in [0.15, 0.2) is 12.1 Å². The van der Waals surface area contributed by atoms with Crippen LogP contribution < -0.4 is 5.48 Å². The average molecular weight is 235 g/mol. The van der Waals surface area contributed by atoms with E-state index in [0.29, 0.717) is 0 Å². The Morgan fingerprint density at radius 3 is 1.94 bits per heavy atom. The molecule has 0 radical (unpaired) electrons. The van der Waals surface area contributed by atoms with Crippen LogP contribution in [0.25, 0.3) is 0 Å². The van der Waals surface area contributed by atoms with E-state index < -0.39 is 0 Å². The van der Waals surface area contributed by atoms with Gasteiger partial charge in [0, 0.05) is 0 Å². The fourth-order valence-electron chi connectivity index (χ4n) is 2.20. The van der Waals surface area contributed by atoms with Gasteiger partial charge in [0.2, 0.25) is 0 Å². The van der Waals surface area contributed by atoms with Gasteiger partial charge in [0.1, 0.15) is 0 Å². The first kappa shape index (κ1) is 14.2. The van der Waals surface area contributed by atoms with Crippen LogP contribution in [0.1, 0.15) is 56.0 Å². The maximum atomic E-state index is 5.64. The SMILES string of the molecule is Cc1cc(C)c(C(C)NOC(C)(C)C)c(C)c1. The molecule has 0 amide bonds. The highest BCUT2D eigenvalue weighted by Gasteiger charge is 2.16. The van der Waals surface area contributed by atoms with Gasteiger partial charge in [0.05, 0.1) is 11.6 Å². The van der Waals surface area contributed by atoms with Gasteiger partial charge in [-0.2, -0.15) is 5.48 Å². The van der Waals surface area contributed by atoms with Crippen molar-refractivity contribution in [2.24, 2.45) is 0 Å². The van der Waals surface area contributed by atoms with Crippen molar-refractivity contribution in [3.63, 3.8) is 0 Å². The highest BCUT2D eigenvalue weighted by atomic mass is 16.7. The fourth-order valence-corrected chi connectivity index (χ4v) is 2.20. The molecule has 2 heteroatoms. The molecule has 96 valence electrons. The van der Waals surface area contributed by atoms with Crippen molar-refractivity contribution in [2.75, 3.05) is 0 Å². The zero-order valence-corrected chi connectivity index (χ0v) is 12.1. The molecule has 0 spiro atoms. The van der Waals surface area contributed by atoms with E-state index in [-0.39, 0.29) is 11.6 Å². The summed E-state index contributed by atoms with van der Waals surface area (Å²) in [5.74, 6) is 0. The summed E-state index contributed by atoms with van der Waals surface area (Å²) < 4.78 is 0. The number of hydrogen-bond acceptors (Lipinski definition) is 2. The van der Waals surface area contributed by atoms with E-state index in [2.05, 4.69) is 45.3 Å². The van der Waals surface area contributed by atoms with Crippen LogP contribution in [0.4, 0.5) is 0 Å². The summed E-state index contributed by atoms with van der Waals surface area (Å²) in [5, 5.41) is 0. The Labute approximate surface area is 105 Å². The van der Waals surface area contributed by atoms with Crippen molar-refractivity contribution >= 4 is 0 Å². The van der Waals surface area contributed by atoms with E-state index in [1.54, 1.807) is 0 Å². The summed E-state index contributed by atoms with van der Waals surface area (Å²) in [5.41, 5.74) is 8.26. The number of aryl methyl sites for hydroxylation is 3. The van der Waals surface area contributed by atoms with Gasteiger partial charge in [-0.1, -0.05) is 17.7 Å². The number of hydroxylamine groups is 1. The van der Waals surface area contributed by atoms with Gasteiger partial charge in [-0.3, -0.25) is 4.84 Å². The summed E-state index contributed by atoms with van der Waals surface area (Å²) in [6.07, 6.45) is 0. The highest BCUT2D eigenvalue weighted by molar-refractivity contribution is 5.39. The Morgan fingerprint density at radius 2 is 1.53 bits per heavy atom. The molecule has 0 aromatic heterocycles. The zero-order chi connectivity index (χ0) is 13.2. The van der Waals surface area contributed by atoms with Crippen molar-refractivity contribution in [1.82, 2.24) is 5.48 Å². The Kier molecular flexibility index (Phi) is 4.34. The quantitative estimate of drug-likeness (QED) is 0.800. The monoisotopic (exact) mass is 235 g/mol. The molecule has 0 saturated carbocycles. The molecular formula is C15H25NO. The molecule has 0 heterocycles. The Morgan fingerprint density at radius 1 is 1.06 bits per heavy atom. The van der Waals surface area contributed by atoms with Crippen LogP contribution in [0, 0.1) is 20.8 Å². The van der Waals surface area contributed by atoms with Crippen molar-refractivity contribution in [3.05, 3.63) is 34.4 Å². The summed E-state index contributed by atoms with van der Waals surface area (Å²) >= 11 is 0. The van der Waals surface area contributed by atoms with Gasteiger partial charge >= 0.3 is 0 Å². The number of rotatable bonds is 3. The summed E-state index contributed by atoms with van der Waals surface area (Å²) in [7, 11) is 0. The molecule has 1 aromatic carbocycles. The van der Waals surface area contributed by atoms with E-state index in [9.17, 15) is 0 Å². The maximum Gasteiger partial charge on any atom is 0.0813 e. The first-order valence-corrected chi connectivity index (χ1v) is 6.22. The second kappa shape index (κ2) is 5.19. The molecular weight excluding hydrogens is 210 g/mol. The van der Waals surface area contributed by atoms with Gasteiger partial charge in [0.15, 0.2) is 0 Å². The zero-order valence-electron chi connectivity index (χ0n) is 12.1. The normalized spacial score (nSPS) is 13.8. The lowest BCUT2D eigenvalue weighted by Crippen LogP contribution is -2.31. The number of nitrogens with one attached hydrogen (secondary N) is 1. The predicted molar refractivity (Wildman–Crippen MR) is 73.0 cm³/mol. The Bertz CT molecular complexity index is 367. The second-order valence-corrected chi connectivity index (χ2v) is 5.87. The van der Waals surface area contributed by atoms with E-state index >= 15 is 0 Å². The lowest BCUT2D eigenvalue weighted by molar-refractivity contribution is -0.0867. The van der Waals surface area contributed by atoms with Gasteiger partial charge in [0.25, 0.3) is 0 Å². The minimum atomic E-state index is -0.166. The molecule has 0 aliphatic carbocycles.